The van der Waals surface area contributed by atoms with Crippen LogP contribution < -0.4 is 9.47 Å². The van der Waals surface area contributed by atoms with Crippen molar-refractivity contribution in [2.75, 3.05) is 32.3 Å². The van der Waals surface area contributed by atoms with Crippen LogP contribution >= 0.6 is 0 Å². The van der Waals surface area contributed by atoms with Crippen LogP contribution in [0.2, 0.25) is 0 Å². The fraction of sp³-hybridized carbons (Fsp3) is 0.600. The number of sulfone groups is 1. The van der Waals surface area contributed by atoms with Crippen molar-refractivity contribution in [1.29, 1.82) is 0 Å². The molecule has 1 saturated heterocycles. The summed E-state index contributed by atoms with van der Waals surface area (Å²) in [6.45, 7) is 3.39. The summed E-state index contributed by atoms with van der Waals surface area (Å²) in [5.41, 5.74) is 0.667. The molecule has 1 aliphatic heterocycles. The maximum Gasteiger partial charge on any atom is 0.310 e. The molecule has 0 aliphatic carbocycles. The number of hydrogen-bond donors (Lipinski definition) is 0. The van der Waals surface area contributed by atoms with Gasteiger partial charge in [0.25, 0.3) is 5.91 Å². The average molecular weight is 428 g/mol. The summed E-state index contributed by atoms with van der Waals surface area (Å²) in [4.78, 5) is 26.5. The maximum absolute atomic E-state index is 12.7. The summed E-state index contributed by atoms with van der Waals surface area (Å²) in [5.74, 6) is 0.171. The Bertz CT molecular complexity index is 837. The van der Waals surface area contributed by atoms with Crippen LogP contribution in [0, 0.1) is 0 Å². The van der Waals surface area contributed by atoms with Crippen molar-refractivity contribution >= 4 is 21.7 Å². The van der Waals surface area contributed by atoms with Crippen LogP contribution in [-0.2, 0) is 30.6 Å². The normalized spacial score (nSPS) is 18.7. The van der Waals surface area contributed by atoms with Crippen molar-refractivity contribution in [2.45, 2.75) is 45.2 Å². The molecule has 1 fully saturated rings. The Balaban J connectivity index is 1.97. The largest absolute Gasteiger partial charge is 0.493 e. The quantitative estimate of drug-likeness (QED) is 0.552. The van der Waals surface area contributed by atoms with Gasteiger partial charge in [0.15, 0.2) is 27.9 Å². The maximum atomic E-state index is 12.7. The van der Waals surface area contributed by atoms with Crippen LogP contribution in [0.1, 0.15) is 32.3 Å². The van der Waals surface area contributed by atoms with Crippen molar-refractivity contribution < 1.29 is 32.2 Å². The van der Waals surface area contributed by atoms with E-state index in [2.05, 4.69) is 0 Å². The number of amides is 1. The van der Waals surface area contributed by atoms with Gasteiger partial charge in [-0.3, -0.25) is 9.59 Å². The first-order valence-electron chi connectivity index (χ1n) is 9.58. The number of carbonyl (C=O) groups excluding carboxylic acids is 2. The van der Waals surface area contributed by atoms with Crippen LogP contribution in [0.5, 0.6) is 11.5 Å². The molecular formula is C20H29NO7S. The zero-order valence-corrected chi connectivity index (χ0v) is 18.2. The number of carbonyl (C=O) groups is 2. The molecule has 1 aromatic rings. The van der Waals surface area contributed by atoms with Gasteiger partial charge in [-0.15, -0.1) is 0 Å². The van der Waals surface area contributed by atoms with Gasteiger partial charge in [-0.25, -0.2) is 8.42 Å². The Hall–Kier alpha value is -2.29. The third kappa shape index (κ3) is 6.09. The third-order valence-corrected chi connectivity index (χ3v) is 6.86. The Labute approximate surface area is 172 Å². The Morgan fingerprint density at radius 3 is 2.45 bits per heavy atom. The van der Waals surface area contributed by atoms with Gasteiger partial charge in [0.1, 0.15) is 0 Å². The number of rotatable bonds is 9. The molecular weight excluding hydrogens is 398 g/mol. The minimum absolute atomic E-state index is 0.0191. The van der Waals surface area contributed by atoms with E-state index in [1.807, 2.05) is 13.8 Å². The number of methoxy groups -OCH3 is 2. The molecule has 1 amide bonds. The first-order chi connectivity index (χ1) is 13.7. The number of esters is 1. The lowest BCUT2D eigenvalue weighted by Crippen LogP contribution is -2.48. The van der Waals surface area contributed by atoms with Crippen molar-refractivity contribution in [3.05, 3.63) is 23.8 Å². The number of hydrogen-bond acceptors (Lipinski definition) is 7. The van der Waals surface area contributed by atoms with Gasteiger partial charge in [0.2, 0.25) is 0 Å². The molecule has 0 spiro atoms. The first-order valence-corrected chi connectivity index (χ1v) is 11.4. The molecule has 29 heavy (non-hydrogen) atoms. The first kappa shape index (κ1) is 23.0. The van der Waals surface area contributed by atoms with Gasteiger partial charge in [-0.2, -0.15) is 0 Å². The van der Waals surface area contributed by atoms with E-state index < -0.39 is 22.4 Å². The third-order valence-electron chi connectivity index (χ3n) is 5.11. The molecule has 0 bridgehead atoms. The van der Waals surface area contributed by atoms with Crippen molar-refractivity contribution in [3.63, 3.8) is 0 Å². The summed E-state index contributed by atoms with van der Waals surface area (Å²) in [5, 5.41) is 0. The summed E-state index contributed by atoms with van der Waals surface area (Å²) >= 11 is 0. The smallest absolute Gasteiger partial charge is 0.310 e. The lowest BCUT2D eigenvalue weighted by Gasteiger charge is -2.33. The zero-order chi connectivity index (χ0) is 21.6. The molecule has 0 aromatic heterocycles. The molecule has 0 unspecified atom stereocenters. The second-order valence-electron chi connectivity index (χ2n) is 7.14. The highest BCUT2D eigenvalue weighted by molar-refractivity contribution is 7.91. The highest BCUT2D eigenvalue weighted by Gasteiger charge is 2.36. The minimum atomic E-state index is -3.12. The molecule has 0 saturated carbocycles. The lowest BCUT2D eigenvalue weighted by atomic mass is 10.1. The number of ether oxygens (including phenoxy) is 3. The Morgan fingerprint density at radius 2 is 1.90 bits per heavy atom. The van der Waals surface area contributed by atoms with Gasteiger partial charge < -0.3 is 19.1 Å². The lowest BCUT2D eigenvalue weighted by molar-refractivity contribution is -0.153. The van der Waals surface area contributed by atoms with Crippen LogP contribution in [0.3, 0.4) is 0 Å². The van der Waals surface area contributed by atoms with E-state index in [1.54, 1.807) is 23.1 Å². The van der Waals surface area contributed by atoms with E-state index >= 15 is 0 Å². The van der Waals surface area contributed by atoms with Gasteiger partial charge in [0.05, 0.1) is 32.1 Å². The van der Waals surface area contributed by atoms with Gasteiger partial charge in [-0.1, -0.05) is 13.0 Å². The van der Waals surface area contributed by atoms with Crippen LogP contribution in [0.25, 0.3) is 0 Å². The summed E-state index contributed by atoms with van der Waals surface area (Å²) in [6.07, 6.45) is 1.08. The molecule has 1 aliphatic rings. The highest BCUT2D eigenvalue weighted by Crippen LogP contribution is 2.28. The zero-order valence-electron chi connectivity index (χ0n) is 17.3. The van der Waals surface area contributed by atoms with Gasteiger partial charge in [0, 0.05) is 12.1 Å². The van der Waals surface area contributed by atoms with E-state index in [-0.39, 0.29) is 35.9 Å². The summed E-state index contributed by atoms with van der Waals surface area (Å²) < 4.78 is 39.2. The molecule has 2 rings (SSSR count). The second-order valence-corrected chi connectivity index (χ2v) is 9.37. The van der Waals surface area contributed by atoms with E-state index in [0.29, 0.717) is 29.9 Å². The predicted octanol–water partition coefficient (Wildman–Crippen LogP) is 1.60. The van der Waals surface area contributed by atoms with Crippen molar-refractivity contribution in [1.82, 2.24) is 4.90 Å². The highest BCUT2D eigenvalue weighted by atomic mass is 32.2. The van der Waals surface area contributed by atoms with Gasteiger partial charge in [-0.05, 0) is 37.5 Å². The summed E-state index contributed by atoms with van der Waals surface area (Å²) in [6, 6.07) is 4.59. The molecule has 1 aromatic carbocycles. The van der Waals surface area contributed by atoms with Crippen LogP contribution in [0.4, 0.5) is 0 Å². The van der Waals surface area contributed by atoms with Crippen molar-refractivity contribution in [3.8, 4) is 11.5 Å². The molecule has 0 N–H and O–H groups in total. The summed E-state index contributed by atoms with van der Waals surface area (Å²) in [7, 11) is -0.0947. The topological polar surface area (TPSA) is 99.2 Å². The van der Waals surface area contributed by atoms with Crippen LogP contribution in [-0.4, -0.2) is 69.6 Å². The van der Waals surface area contributed by atoms with Crippen LogP contribution in [0.15, 0.2) is 18.2 Å². The molecule has 1 heterocycles. The monoisotopic (exact) mass is 427 g/mol. The molecule has 9 heteroatoms. The number of benzene rings is 1. The standard InChI is InChI=1S/C20H29NO7S/c1-5-14(2)21(16-8-9-29(24,25)13-16)19(22)12-28-20(23)11-15-6-7-17(26-3)18(10-15)27-4/h6-7,10,14,16H,5,8-9,11-13H2,1-4H3/t14-,16+/m0/s1. The van der Waals surface area contributed by atoms with Gasteiger partial charge >= 0.3 is 5.97 Å². The minimum Gasteiger partial charge on any atom is -0.493 e. The SMILES string of the molecule is CC[C@H](C)N(C(=O)COC(=O)Cc1ccc(OC)c(OC)c1)[C@@H]1CCS(=O)(=O)C1. The Morgan fingerprint density at radius 1 is 1.21 bits per heavy atom. The molecule has 2 atom stereocenters. The predicted molar refractivity (Wildman–Crippen MR) is 108 cm³/mol. The Kier molecular flexibility index (Phi) is 7.89. The fourth-order valence-electron chi connectivity index (χ4n) is 3.43. The van der Waals surface area contributed by atoms with E-state index in [0.717, 1.165) is 0 Å². The molecule has 8 nitrogen and oxygen atoms in total. The average Bonchev–Trinajstić information content (AvgIpc) is 3.05. The number of nitrogens with zero attached hydrogens (tertiary/aromatic N) is 1. The van der Waals surface area contributed by atoms with E-state index in [9.17, 15) is 18.0 Å². The fourth-order valence-corrected chi connectivity index (χ4v) is 5.14. The van der Waals surface area contributed by atoms with E-state index in [1.165, 1.54) is 14.2 Å². The second kappa shape index (κ2) is 9.96. The van der Waals surface area contributed by atoms with Crippen molar-refractivity contribution in [2.24, 2.45) is 0 Å². The molecule has 0 radical (unpaired) electrons. The molecule has 162 valence electrons. The van der Waals surface area contributed by atoms with E-state index in [4.69, 9.17) is 14.2 Å².